The van der Waals surface area contributed by atoms with E-state index < -0.39 is 29.9 Å². The molecule has 16 heavy (non-hydrogen) atoms. The van der Waals surface area contributed by atoms with Crippen molar-refractivity contribution in [2.24, 2.45) is 0 Å². The maximum absolute atomic E-state index is 12.6. The van der Waals surface area contributed by atoms with Crippen LogP contribution in [0.25, 0.3) is 0 Å². The molecule has 1 aromatic rings. The second kappa shape index (κ2) is 4.73. The van der Waals surface area contributed by atoms with Gasteiger partial charge >= 0.3 is 5.97 Å². The van der Waals surface area contributed by atoms with Crippen LogP contribution in [0, 0.1) is 0 Å². The Morgan fingerprint density at radius 2 is 2.25 bits per heavy atom. The molecule has 88 valence electrons. The SMILES string of the molecule is COC(=O)Cc1c(C(F)F)[nH]c(N)cc1=O. The molecule has 0 saturated heterocycles. The fourth-order valence-electron chi connectivity index (χ4n) is 1.21. The highest BCUT2D eigenvalue weighted by atomic mass is 19.3. The maximum Gasteiger partial charge on any atom is 0.310 e. The Hall–Kier alpha value is -1.92. The quantitative estimate of drug-likeness (QED) is 0.747. The molecule has 5 nitrogen and oxygen atoms in total. The number of carbonyl (C=O) groups is 1. The largest absolute Gasteiger partial charge is 0.469 e. The van der Waals surface area contributed by atoms with Gasteiger partial charge in [0.15, 0.2) is 5.43 Å². The van der Waals surface area contributed by atoms with Crippen molar-refractivity contribution < 1.29 is 18.3 Å². The molecular formula is C9H10F2N2O3. The van der Waals surface area contributed by atoms with Crippen LogP contribution in [0.3, 0.4) is 0 Å². The number of ether oxygens (including phenoxy) is 1. The smallest absolute Gasteiger partial charge is 0.310 e. The van der Waals surface area contributed by atoms with Gasteiger partial charge in [-0.2, -0.15) is 0 Å². The van der Waals surface area contributed by atoms with E-state index in [0.717, 1.165) is 13.2 Å². The molecule has 1 rings (SSSR count). The lowest BCUT2D eigenvalue weighted by Gasteiger charge is -2.08. The normalized spacial score (nSPS) is 10.5. The fourth-order valence-corrected chi connectivity index (χ4v) is 1.21. The zero-order chi connectivity index (χ0) is 12.3. The van der Waals surface area contributed by atoms with Crippen molar-refractivity contribution in [1.29, 1.82) is 0 Å². The zero-order valence-electron chi connectivity index (χ0n) is 8.42. The number of rotatable bonds is 3. The van der Waals surface area contributed by atoms with E-state index in [4.69, 9.17) is 5.73 Å². The number of nitrogens with one attached hydrogen (secondary N) is 1. The Bertz CT molecular complexity index is 457. The number of methoxy groups -OCH3 is 1. The van der Waals surface area contributed by atoms with Crippen molar-refractivity contribution in [2.75, 3.05) is 12.8 Å². The average molecular weight is 232 g/mol. The number of anilines is 1. The van der Waals surface area contributed by atoms with Gasteiger partial charge in [0, 0.05) is 11.6 Å². The van der Waals surface area contributed by atoms with Crippen molar-refractivity contribution >= 4 is 11.8 Å². The van der Waals surface area contributed by atoms with E-state index >= 15 is 0 Å². The molecule has 3 N–H and O–H groups in total. The third kappa shape index (κ3) is 2.56. The number of hydrogen-bond donors (Lipinski definition) is 2. The van der Waals surface area contributed by atoms with Crippen LogP contribution in [0.1, 0.15) is 17.7 Å². The van der Waals surface area contributed by atoms with Gasteiger partial charge in [0.05, 0.1) is 19.2 Å². The minimum absolute atomic E-state index is 0.172. The molecule has 1 aromatic heterocycles. The lowest BCUT2D eigenvalue weighted by Crippen LogP contribution is -2.19. The molecular weight excluding hydrogens is 222 g/mol. The summed E-state index contributed by atoms with van der Waals surface area (Å²) in [7, 11) is 1.11. The number of nitrogen functional groups attached to an aromatic ring is 1. The van der Waals surface area contributed by atoms with E-state index in [9.17, 15) is 18.4 Å². The summed E-state index contributed by atoms with van der Waals surface area (Å²) in [6, 6.07) is 0.949. The van der Waals surface area contributed by atoms with E-state index in [1.807, 2.05) is 0 Å². The van der Waals surface area contributed by atoms with E-state index in [-0.39, 0.29) is 11.4 Å². The van der Waals surface area contributed by atoms with Gasteiger partial charge in [-0.3, -0.25) is 9.59 Å². The third-order valence-corrected chi connectivity index (χ3v) is 1.96. The van der Waals surface area contributed by atoms with Gasteiger partial charge in [-0.05, 0) is 0 Å². The van der Waals surface area contributed by atoms with Crippen molar-refractivity contribution in [2.45, 2.75) is 12.8 Å². The summed E-state index contributed by atoms with van der Waals surface area (Å²) >= 11 is 0. The van der Waals surface area contributed by atoms with Crippen LogP contribution in [0.5, 0.6) is 0 Å². The number of aromatic amines is 1. The van der Waals surface area contributed by atoms with E-state index in [1.165, 1.54) is 0 Å². The van der Waals surface area contributed by atoms with Crippen LogP contribution in [0.4, 0.5) is 14.6 Å². The highest BCUT2D eigenvalue weighted by molar-refractivity contribution is 5.72. The lowest BCUT2D eigenvalue weighted by molar-refractivity contribution is -0.139. The highest BCUT2D eigenvalue weighted by Crippen LogP contribution is 2.20. The van der Waals surface area contributed by atoms with Gasteiger partial charge < -0.3 is 15.5 Å². The minimum Gasteiger partial charge on any atom is -0.469 e. The molecule has 0 atom stereocenters. The Labute approximate surface area is 89.2 Å². The Morgan fingerprint density at radius 3 is 2.75 bits per heavy atom. The van der Waals surface area contributed by atoms with Crippen LogP contribution >= 0.6 is 0 Å². The van der Waals surface area contributed by atoms with Crippen LogP contribution in [-0.4, -0.2) is 18.1 Å². The number of hydrogen-bond acceptors (Lipinski definition) is 4. The molecule has 0 bridgehead atoms. The lowest BCUT2D eigenvalue weighted by atomic mass is 10.1. The second-order valence-electron chi connectivity index (χ2n) is 3.03. The van der Waals surface area contributed by atoms with Crippen LogP contribution in [-0.2, 0) is 16.0 Å². The first-order valence-electron chi connectivity index (χ1n) is 4.32. The van der Waals surface area contributed by atoms with Gasteiger partial charge in [0.1, 0.15) is 5.82 Å². The molecule has 0 unspecified atom stereocenters. The van der Waals surface area contributed by atoms with E-state index in [0.29, 0.717) is 0 Å². The summed E-state index contributed by atoms with van der Waals surface area (Å²) in [6.07, 6.45) is -3.41. The number of nitrogens with two attached hydrogens (primary N) is 1. The van der Waals surface area contributed by atoms with Crippen LogP contribution < -0.4 is 11.2 Å². The van der Waals surface area contributed by atoms with Gasteiger partial charge in [0.25, 0.3) is 6.43 Å². The second-order valence-corrected chi connectivity index (χ2v) is 3.03. The molecule has 1 heterocycles. The summed E-state index contributed by atoms with van der Waals surface area (Å²) in [6.45, 7) is 0. The molecule has 0 aromatic carbocycles. The molecule has 0 fully saturated rings. The van der Waals surface area contributed by atoms with Crippen molar-refractivity contribution in [3.05, 3.63) is 27.5 Å². The standard InChI is InChI=1S/C9H10F2N2O3/c1-16-7(15)2-4-5(14)3-6(12)13-8(4)9(10)11/h3,9H,2H2,1H3,(H3,12,13,14). The molecule has 0 radical (unpaired) electrons. The van der Waals surface area contributed by atoms with Crippen molar-refractivity contribution in [3.8, 4) is 0 Å². The van der Waals surface area contributed by atoms with Crippen LogP contribution in [0.15, 0.2) is 10.9 Å². The topological polar surface area (TPSA) is 85.2 Å². The number of halogens is 2. The molecule has 0 saturated carbocycles. The molecule has 0 amide bonds. The Morgan fingerprint density at radius 1 is 1.62 bits per heavy atom. The first-order chi connectivity index (χ1) is 7.45. The predicted octanol–water partition coefficient (Wildman–Crippen LogP) is 0.610. The monoisotopic (exact) mass is 232 g/mol. The van der Waals surface area contributed by atoms with Crippen molar-refractivity contribution in [1.82, 2.24) is 4.98 Å². The number of alkyl halides is 2. The van der Waals surface area contributed by atoms with Gasteiger partial charge in [-0.25, -0.2) is 8.78 Å². The first-order valence-corrected chi connectivity index (χ1v) is 4.32. The predicted molar refractivity (Wildman–Crippen MR) is 52.2 cm³/mol. The summed E-state index contributed by atoms with van der Waals surface area (Å²) in [5.74, 6) is -0.939. The number of carbonyl (C=O) groups excluding carboxylic acids is 1. The Kier molecular flexibility index (Phi) is 3.60. The minimum atomic E-state index is -2.91. The summed E-state index contributed by atoms with van der Waals surface area (Å²) < 4.78 is 29.4. The highest BCUT2D eigenvalue weighted by Gasteiger charge is 2.19. The fraction of sp³-hybridized carbons (Fsp3) is 0.333. The summed E-state index contributed by atoms with van der Waals surface area (Å²) in [4.78, 5) is 24.5. The number of aromatic nitrogens is 1. The first kappa shape index (κ1) is 12.2. The van der Waals surface area contributed by atoms with Gasteiger partial charge in [-0.15, -0.1) is 0 Å². The zero-order valence-corrected chi connectivity index (χ0v) is 8.42. The average Bonchev–Trinajstić information content (AvgIpc) is 2.20. The number of H-pyrrole nitrogens is 1. The van der Waals surface area contributed by atoms with Gasteiger partial charge in [0.2, 0.25) is 0 Å². The Balaban J connectivity index is 3.24. The molecule has 7 heteroatoms. The summed E-state index contributed by atoms with van der Waals surface area (Å²) in [5, 5.41) is 0. The molecule has 0 aliphatic heterocycles. The van der Waals surface area contributed by atoms with Gasteiger partial charge in [-0.1, -0.05) is 0 Å². The van der Waals surface area contributed by atoms with Crippen LogP contribution in [0.2, 0.25) is 0 Å². The molecule has 0 aliphatic rings. The van der Waals surface area contributed by atoms with Crippen molar-refractivity contribution in [3.63, 3.8) is 0 Å². The number of esters is 1. The maximum atomic E-state index is 12.6. The third-order valence-electron chi connectivity index (χ3n) is 1.96. The van der Waals surface area contributed by atoms with E-state index in [1.54, 1.807) is 0 Å². The summed E-state index contributed by atoms with van der Waals surface area (Å²) in [5.41, 5.74) is 3.55. The van der Waals surface area contributed by atoms with E-state index in [2.05, 4.69) is 9.72 Å². The number of pyridine rings is 1. The molecule has 0 aliphatic carbocycles. The molecule has 0 spiro atoms.